The Balaban J connectivity index is 2.44. The monoisotopic (exact) mass is 333 g/mol. The van der Waals surface area contributed by atoms with Crippen LogP contribution in [0.25, 0.3) is 0 Å². The first-order valence-corrected chi connectivity index (χ1v) is 7.91. The molecular formula is C14H14Cl3NS. The van der Waals surface area contributed by atoms with E-state index in [1.165, 1.54) is 4.88 Å². The van der Waals surface area contributed by atoms with E-state index < -0.39 is 0 Å². The van der Waals surface area contributed by atoms with Gasteiger partial charge in [-0.1, -0.05) is 41.7 Å². The number of thiophene rings is 1. The van der Waals surface area contributed by atoms with Crippen LogP contribution in [-0.4, -0.2) is 6.54 Å². The van der Waals surface area contributed by atoms with E-state index in [4.69, 9.17) is 34.8 Å². The fourth-order valence-corrected chi connectivity index (χ4v) is 3.82. The summed E-state index contributed by atoms with van der Waals surface area (Å²) in [4.78, 5) is 1.17. The van der Waals surface area contributed by atoms with Crippen LogP contribution in [0.2, 0.25) is 14.4 Å². The standard InChI is InChI=1S/C14H14Cl3NS/c1-3-18-13(12-4-8(2)14(17)19-12)9-5-10(15)7-11(16)6-9/h4-7,13,18H,3H2,1-2H3. The van der Waals surface area contributed by atoms with E-state index in [2.05, 4.69) is 18.3 Å². The van der Waals surface area contributed by atoms with E-state index in [-0.39, 0.29) is 6.04 Å². The summed E-state index contributed by atoms with van der Waals surface area (Å²) >= 11 is 19.9. The number of hydrogen-bond acceptors (Lipinski definition) is 2. The summed E-state index contributed by atoms with van der Waals surface area (Å²) in [5.41, 5.74) is 2.15. The van der Waals surface area contributed by atoms with Gasteiger partial charge in [0.05, 0.1) is 10.4 Å². The number of aryl methyl sites for hydroxylation is 1. The van der Waals surface area contributed by atoms with E-state index in [1.54, 1.807) is 17.4 Å². The van der Waals surface area contributed by atoms with Crippen molar-refractivity contribution in [2.24, 2.45) is 0 Å². The zero-order valence-corrected chi connectivity index (χ0v) is 13.7. The zero-order chi connectivity index (χ0) is 14.0. The second-order valence-corrected chi connectivity index (χ2v) is 6.86. The Bertz CT molecular complexity index is 540. The molecule has 2 rings (SSSR count). The largest absolute Gasteiger partial charge is 0.306 e. The zero-order valence-electron chi connectivity index (χ0n) is 10.6. The van der Waals surface area contributed by atoms with Crippen molar-refractivity contribution in [3.63, 3.8) is 0 Å². The molecule has 0 saturated carbocycles. The Hall–Kier alpha value is -0.250. The Labute approximate surface area is 132 Å². The summed E-state index contributed by atoms with van der Waals surface area (Å²) in [6.07, 6.45) is 0. The van der Waals surface area contributed by atoms with E-state index in [9.17, 15) is 0 Å². The second kappa shape index (κ2) is 6.47. The van der Waals surface area contributed by atoms with Crippen LogP contribution in [0.5, 0.6) is 0 Å². The lowest BCUT2D eigenvalue weighted by molar-refractivity contribution is 0.639. The molecule has 0 bridgehead atoms. The van der Waals surface area contributed by atoms with Gasteiger partial charge in [-0.2, -0.15) is 0 Å². The molecule has 1 heterocycles. The number of benzene rings is 1. The highest BCUT2D eigenvalue weighted by Crippen LogP contribution is 2.35. The molecule has 0 radical (unpaired) electrons. The molecule has 0 aliphatic carbocycles. The van der Waals surface area contributed by atoms with E-state index in [0.717, 1.165) is 22.0 Å². The van der Waals surface area contributed by atoms with Gasteiger partial charge in [-0.3, -0.25) is 0 Å². The average Bonchev–Trinajstić information content (AvgIpc) is 2.65. The van der Waals surface area contributed by atoms with Crippen LogP contribution in [-0.2, 0) is 0 Å². The Morgan fingerprint density at radius 3 is 2.21 bits per heavy atom. The van der Waals surface area contributed by atoms with Crippen molar-refractivity contribution in [3.05, 3.63) is 54.7 Å². The fourth-order valence-electron chi connectivity index (χ4n) is 1.95. The summed E-state index contributed by atoms with van der Waals surface area (Å²) in [7, 11) is 0. The summed E-state index contributed by atoms with van der Waals surface area (Å²) in [5, 5.41) is 4.73. The van der Waals surface area contributed by atoms with E-state index >= 15 is 0 Å². The molecule has 19 heavy (non-hydrogen) atoms. The molecule has 0 fully saturated rings. The van der Waals surface area contributed by atoms with Gasteiger partial charge in [0, 0.05) is 14.9 Å². The summed E-state index contributed by atoms with van der Waals surface area (Å²) in [6.45, 7) is 4.93. The SMILES string of the molecule is CCNC(c1cc(Cl)cc(Cl)c1)c1cc(C)c(Cl)s1. The van der Waals surface area contributed by atoms with Crippen LogP contribution in [0.3, 0.4) is 0 Å². The van der Waals surface area contributed by atoms with Crippen molar-refractivity contribution < 1.29 is 0 Å². The van der Waals surface area contributed by atoms with Crippen molar-refractivity contribution in [1.29, 1.82) is 0 Å². The maximum atomic E-state index is 6.16. The van der Waals surface area contributed by atoms with Crippen molar-refractivity contribution in [2.45, 2.75) is 19.9 Å². The third-order valence-corrected chi connectivity index (χ3v) is 4.84. The van der Waals surface area contributed by atoms with Crippen molar-refractivity contribution >= 4 is 46.1 Å². The molecule has 1 atom stereocenters. The highest BCUT2D eigenvalue weighted by Gasteiger charge is 2.17. The molecule has 5 heteroatoms. The van der Waals surface area contributed by atoms with Gasteiger partial charge in [0.15, 0.2) is 0 Å². The summed E-state index contributed by atoms with van der Waals surface area (Å²) in [6, 6.07) is 7.78. The van der Waals surface area contributed by atoms with Crippen LogP contribution in [0.15, 0.2) is 24.3 Å². The molecule has 0 spiro atoms. The van der Waals surface area contributed by atoms with E-state index in [1.807, 2.05) is 19.1 Å². The first kappa shape index (κ1) is 15.1. The number of hydrogen-bond donors (Lipinski definition) is 1. The van der Waals surface area contributed by atoms with Crippen molar-refractivity contribution in [2.75, 3.05) is 6.54 Å². The quantitative estimate of drug-likeness (QED) is 0.754. The minimum absolute atomic E-state index is 0.0670. The molecule has 1 aromatic carbocycles. The van der Waals surface area contributed by atoms with Gasteiger partial charge < -0.3 is 5.32 Å². The predicted octanol–water partition coefficient (Wildman–Crippen LogP) is 5.72. The van der Waals surface area contributed by atoms with Crippen LogP contribution in [0.1, 0.15) is 29.0 Å². The maximum absolute atomic E-state index is 6.16. The fraction of sp³-hybridized carbons (Fsp3) is 0.286. The number of halogens is 3. The lowest BCUT2D eigenvalue weighted by Crippen LogP contribution is -2.21. The van der Waals surface area contributed by atoms with Crippen LogP contribution in [0, 0.1) is 6.92 Å². The summed E-state index contributed by atoms with van der Waals surface area (Å²) < 4.78 is 0.825. The first-order valence-electron chi connectivity index (χ1n) is 5.96. The molecule has 0 aliphatic heterocycles. The summed E-state index contributed by atoms with van der Waals surface area (Å²) in [5.74, 6) is 0. The normalized spacial score (nSPS) is 12.7. The lowest BCUT2D eigenvalue weighted by atomic mass is 10.0. The molecule has 1 unspecified atom stereocenters. The minimum atomic E-state index is 0.0670. The molecule has 1 nitrogen and oxygen atoms in total. The van der Waals surface area contributed by atoms with Crippen LogP contribution < -0.4 is 5.32 Å². The van der Waals surface area contributed by atoms with E-state index in [0.29, 0.717) is 10.0 Å². The van der Waals surface area contributed by atoms with Crippen molar-refractivity contribution in [1.82, 2.24) is 5.32 Å². The number of rotatable bonds is 4. The highest BCUT2D eigenvalue weighted by atomic mass is 35.5. The van der Waals surface area contributed by atoms with Gasteiger partial charge in [0.25, 0.3) is 0 Å². The van der Waals surface area contributed by atoms with Crippen LogP contribution in [0.4, 0.5) is 0 Å². The molecule has 0 aliphatic rings. The van der Waals surface area contributed by atoms with Gasteiger partial charge in [0.1, 0.15) is 0 Å². The minimum Gasteiger partial charge on any atom is -0.306 e. The Morgan fingerprint density at radius 1 is 1.11 bits per heavy atom. The Morgan fingerprint density at radius 2 is 1.74 bits per heavy atom. The smallest absolute Gasteiger partial charge is 0.0961 e. The molecule has 1 aromatic heterocycles. The Kier molecular flexibility index (Phi) is 5.15. The van der Waals surface area contributed by atoms with Gasteiger partial charge in [-0.25, -0.2) is 0 Å². The molecule has 1 N–H and O–H groups in total. The first-order chi connectivity index (χ1) is 9.01. The van der Waals surface area contributed by atoms with Gasteiger partial charge in [0.2, 0.25) is 0 Å². The number of nitrogens with one attached hydrogen (secondary N) is 1. The third kappa shape index (κ3) is 3.65. The third-order valence-electron chi connectivity index (χ3n) is 2.79. The second-order valence-electron chi connectivity index (χ2n) is 4.30. The molecular weight excluding hydrogens is 321 g/mol. The molecule has 0 amide bonds. The van der Waals surface area contributed by atoms with Crippen LogP contribution >= 0.6 is 46.1 Å². The predicted molar refractivity (Wildman–Crippen MR) is 86.0 cm³/mol. The van der Waals surface area contributed by atoms with Crippen molar-refractivity contribution in [3.8, 4) is 0 Å². The lowest BCUT2D eigenvalue weighted by Gasteiger charge is -2.17. The highest BCUT2D eigenvalue weighted by molar-refractivity contribution is 7.16. The molecule has 102 valence electrons. The molecule has 0 saturated heterocycles. The van der Waals surface area contributed by atoms with Gasteiger partial charge in [-0.15, -0.1) is 11.3 Å². The van der Waals surface area contributed by atoms with Gasteiger partial charge in [-0.05, 0) is 48.9 Å². The average molecular weight is 335 g/mol. The molecule has 2 aromatic rings. The topological polar surface area (TPSA) is 12.0 Å². The maximum Gasteiger partial charge on any atom is 0.0961 e. The van der Waals surface area contributed by atoms with Gasteiger partial charge >= 0.3 is 0 Å².